The summed E-state index contributed by atoms with van der Waals surface area (Å²) in [6.07, 6.45) is 0. The summed E-state index contributed by atoms with van der Waals surface area (Å²) in [5.41, 5.74) is 0.820. The number of carbonyl (C=O) groups is 2. The predicted molar refractivity (Wildman–Crippen MR) is 88.6 cm³/mol. The maximum atomic E-state index is 11.3. The number of aliphatic carboxylic acids is 1. The van der Waals surface area contributed by atoms with E-state index in [2.05, 4.69) is 5.32 Å². The molecule has 1 aliphatic rings. The number of ether oxygens (including phenoxy) is 2. The number of nitrogens with one attached hydrogen (secondary N) is 1. The van der Waals surface area contributed by atoms with E-state index in [9.17, 15) is 14.7 Å². The van der Waals surface area contributed by atoms with Gasteiger partial charge in [0, 0.05) is 26.6 Å². The average Bonchev–Trinajstić information content (AvgIpc) is 2.53. The highest BCUT2D eigenvalue weighted by Crippen LogP contribution is 2.38. The second kappa shape index (κ2) is 8.21. The third-order valence-electron chi connectivity index (χ3n) is 3.72. The van der Waals surface area contributed by atoms with E-state index >= 15 is 0 Å². The molecular formula is C16H21ClN2O5. The van der Waals surface area contributed by atoms with Crippen LogP contribution in [0.3, 0.4) is 0 Å². The summed E-state index contributed by atoms with van der Waals surface area (Å²) in [5.74, 6) is -0.00180. The lowest BCUT2D eigenvalue weighted by Gasteiger charge is -2.27. The number of halogens is 1. The third kappa shape index (κ3) is 4.75. The van der Waals surface area contributed by atoms with Gasteiger partial charge in [-0.05, 0) is 24.6 Å². The number of rotatable bonds is 7. The van der Waals surface area contributed by atoms with Crippen molar-refractivity contribution in [2.24, 2.45) is 0 Å². The summed E-state index contributed by atoms with van der Waals surface area (Å²) in [7, 11) is 0. The molecule has 0 saturated carbocycles. The number of hydrogen-bond donors (Lipinski definition) is 2. The summed E-state index contributed by atoms with van der Waals surface area (Å²) in [5, 5.41) is 12.4. The average molecular weight is 357 g/mol. The first-order valence-corrected chi connectivity index (χ1v) is 8.05. The number of nitrogens with zero attached hydrogens (tertiary/aromatic N) is 1. The molecule has 1 aromatic rings. The van der Waals surface area contributed by atoms with E-state index in [1.807, 2.05) is 0 Å². The van der Waals surface area contributed by atoms with Crippen molar-refractivity contribution in [3.63, 3.8) is 0 Å². The highest BCUT2D eigenvalue weighted by Gasteiger charge is 2.23. The quantitative estimate of drug-likeness (QED) is 0.770. The van der Waals surface area contributed by atoms with Crippen LogP contribution < -0.4 is 14.8 Å². The second-order valence-electron chi connectivity index (χ2n) is 5.57. The largest absolute Gasteiger partial charge is 0.486 e. The van der Waals surface area contributed by atoms with Crippen LogP contribution in [0.5, 0.6) is 11.5 Å². The van der Waals surface area contributed by atoms with Gasteiger partial charge >= 0.3 is 5.97 Å². The lowest BCUT2D eigenvalue weighted by atomic mass is 10.1. The Bertz CT molecular complexity index is 623. The zero-order valence-corrected chi connectivity index (χ0v) is 14.4. The molecule has 1 heterocycles. The Morgan fingerprint density at radius 1 is 1.38 bits per heavy atom. The molecule has 1 atom stereocenters. The number of benzene rings is 1. The van der Waals surface area contributed by atoms with Crippen LogP contribution in [-0.2, 0) is 16.1 Å². The van der Waals surface area contributed by atoms with Crippen molar-refractivity contribution in [3.8, 4) is 11.5 Å². The molecule has 2 N–H and O–H groups in total. The van der Waals surface area contributed by atoms with Gasteiger partial charge in [-0.2, -0.15) is 0 Å². The first-order valence-electron chi connectivity index (χ1n) is 7.67. The van der Waals surface area contributed by atoms with Gasteiger partial charge in [0.15, 0.2) is 11.5 Å². The fraction of sp³-hybridized carbons (Fsp3) is 0.500. The van der Waals surface area contributed by atoms with Gasteiger partial charge in [-0.15, -0.1) is 0 Å². The van der Waals surface area contributed by atoms with E-state index in [4.69, 9.17) is 21.1 Å². The summed E-state index contributed by atoms with van der Waals surface area (Å²) in [6, 6.07) is 2.85. The van der Waals surface area contributed by atoms with Crippen LogP contribution in [0.2, 0.25) is 5.02 Å². The van der Waals surface area contributed by atoms with E-state index in [0.717, 1.165) is 5.56 Å². The van der Waals surface area contributed by atoms with Crippen molar-refractivity contribution in [2.45, 2.75) is 26.4 Å². The molecule has 0 spiro atoms. The van der Waals surface area contributed by atoms with Crippen molar-refractivity contribution in [1.29, 1.82) is 0 Å². The van der Waals surface area contributed by atoms with Crippen LogP contribution in [0.4, 0.5) is 0 Å². The Morgan fingerprint density at radius 2 is 2.08 bits per heavy atom. The zero-order valence-electron chi connectivity index (χ0n) is 13.7. The first-order chi connectivity index (χ1) is 11.4. The van der Waals surface area contributed by atoms with Gasteiger partial charge in [0.25, 0.3) is 0 Å². The maximum absolute atomic E-state index is 11.3. The molecular weight excluding hydrogens is 336 g/mol. The highest BCUT2D eigenvalue weighted by atomic mass is 35.5. The van der Waals surface area contributed by atoms with Crippen molar-refractivity contribution < 1.29 is 24.2 Å². The van der Waals surface area contributed by atoms with Gasteiger partial charge in [0.2, 0.25) is 5.91 Å². The minimum atomic E-state index is -0.929. The van der Waals surface area contributed by atoms with E-state index in [0.29, 0.717) is 49.4 Å². The molecule has 0 aromatic heterocycles. The zero-order chi connectivity index (χ0) is 17.7. The van der Waals surface area contributed by atoms with E-state index in [1.54, 1.807) is 24.0 Å². The van der Waals surface area contributed by atoms with Crippen LogP contribution in [-0.4, -0.2) is 54.2 Å². The molecule has 7 nitrogen and oxygen atoms in total. The second-order valence-corrected chi connectivity index (χ2v) is 5.98. The number of hydrogen-bond acceptors (Lipinski definition) is 5. The van der Waals surface area contributed by atoms with Crippen LogP contribution in [0.25, 0.3) is 0 Å². The standard InChI is InChI=1S/C16H21ClN2O5/c1-10(16(21)22)19(4-3-18-11(2)20)9-12-7-13(17)15-14(8-12)23-5-6-24-15/h7-8,10H,3-6,9H2,1-2H3,(H,18,20)(H,21,22). The number of carbonyl (C=O) groups excluding carboxylic acids is 1. The van der Waals surface area contributed by atoms with Crippen LogP contribution in [0, 0.1) is 0 Å². The molecule has 0 fully saturated rings. The molecule has 2 rings (SSSR count). The number of amides is 1. The predicted octanol–water partition coefficient (Wildman–Crippen LogP) is 1.52. The van der Waals surface area contributed by atoms with Crippen LogP contribution in [0.1, 0.15) is 19.4 Å². The van der Waals surface area contributed by atoms with Gasteiger partial charge in [-0.1, -0.05) is 11.6 Å². The van der Waals surface area contributed by atoms with Crippen molar-refractivity contribution in [3.05, 3.63) is 22.7 Å². The van der Waals surface area contributed by atoms with Gasteiger partial charge in [0.1, 0.15) is 19.3 Å². The molecule has 132 valence electrons. The summed E-state index contributed by atoms with van der Waals surface area (Å²) < 4.78 is 11.0. The number of carboxylic acid groups (broad SMARTS) is 1. The molecule has 8 heteroatoms. The van der Waals surface area contributed by atoms with E-state index < -0.39 is 12.0 Å². The van der Waals surface area contributed by atoms with Gasteiger partial charge < -0.3 is 19.9 Å². The topological polar surface area (TPSA) is 88.1 Å². The molecule has 0 aliphatic carbocycles. The minimum Gasteiger partial charge on any atom is -0.486 e. The molecule has 1 unspecified atom stereocenters. The minimum absolute atomic E-state index is 0.152. The molecule has 24 heavy (non-hydrogen) atoms. The van der Waals surface area contributed by atoms with E-state index in [-0.39, 0.29) is 5.91 Å². The van der Waals surface area contributed by atoms with Gasteiger partial charge in [-0.25, -0.2) is 0 Å². The monoisotopic (exact) mass is 356 g/mol. The fourth-order valence-corrected chi connectivity index (χ4v) is 2.72. The van der Waals surface area contributed by atoms with Gasteiger partial charge in [0.05, 0.1) is 5.02 Å². The highest BCUT2D eigenvalue weighted by molar-refractivity contribution is 6.32. The SMILES string of the molecule is CC(=O)NCCN(Cc1cc(Cl)c2c(c1)OCCO2)C(C)C(=O)O. The Morgan fingerprint density at radius 3 is 2.75 bits per heavy atom. The number of carboxylic acids is 1. The van der Waals surface area contributed by atoms with Gasteiger partial charge in [-0.3, -0.25) is 14.5 Å². The molecule has 1 aliphatic heterocycles. The summed E-state index contributed by atoms with van der Waals surface area (Å²) in [6.45, 7) is 5.06. The Balaban J connectivity index is 2.14. The van der Waals surface area contributed by atoms with Crippen molar-refractivity contribution in [1.82, 2.24) is 10.2 Å². The lowest BCUT2D eigenvalue weighted by Crippen LogP contribution is -2.42. The molecule has 1 amide bonds. The lowest BCUT2D eigenvalue weighted by molar-refractivity contribution is -0.142. The number of fused-ring (bicyclic) bond motifs is 1. The summed E-state index contributed by atoms with van der Waals surface area (Å²) >= 11 is 6.22. The summed E-state index contributed by atoms with van der Waals surface area (Å²) in [4.78, 5) is 24.1. The van der Waals surface area contributed by atoms with Crippen molar-refractivity contribution >= 4 is 23.5 Å². The molecule has 0 bridgehead atoms. The molecule has 0 radical (unpaired) electrons. The molecule has 0 saturated heterocycles. The molecule has 1 aromatic carbocycles. The Labute approximate surface area is 145 Å². The first kappa shape index (κ1) is 18.4. The van der Waals surface area contributed by atoms with Crippen LogP contribution in [0.15, 0.2) is 12.1 Å². The Hall–Kier alpha value is -1.99. The van der Waals surface area contributed by atoms with Crippen molar-refractivity contribution in [2.75, 3.05) is 26.3 Å². The third-order valence-corrected chi connectivity index (χ3v) is 4.00. The van der Waals surface area contributed by atoms with Crippen LogP contribution >= 0.6 is 11.6 Å². The fourth-order valence-electron chi connectivity index (χ4n) is 2.43. The smallest absolute Gasteiger partial charge is 0.320 e. The maximum Gasteiger partial charge on any atom is 0.320 e. The normalized spacial score (nSPS) is 14.3. The van der Waals surface area contributed by atoms with E-state index in [1.165, 1.54) is 6.92 Å². The Kier molecular flexibility index (Phi) is 6.28.